The summed E-state index contributed by atoms with van der Waals surface area (Å²) in [6, 6.07) is 14.7. The van der Waals surface area contributed by atoms with E-state index in [1.165, 1.54) is 44.0 Å². The maximum absolute atomic E-state index is 13.5. The van der Waals surface area contributed by atoms with Crippen molar-refractivity contribution in [2.45, 2.75) is 31.6 Å². The first-order chi connectivity index (χ1) is 13.2. The largest absolute Gasteiger partial charge is 0.351 e. The standard InChI is InChI=1S/C22H27FN2OS/c23-21-7-3-2-6-20(21)17-27-15-12-24-22(26)19-10-8-18(9-11-19)16-25-13-4-1-5-14-25/h2-3,6-11H,1,4-5,12-17H2,(H,24,26). The molecule has 0 bridgehead atoms. The van der Waals surface area contributed by atoms with Gasteiger partial charge in [0.15, 0.2) is 0 Å². The third-order valence-electron chi connectivity index (χ3n) is 4.82. The number of nitrogens with zero attached hydrogens (tertiary/aromatic N) is 1. The van der Waals surface area contributed by atoms with Crippen molar-refractivity contribution in [2.24, 2.45) is 0 Å². The van der Waals surface area contributed by atoms with E-state index in [1.54, 1.807) is 23.9 Å². The molecule has 2 aromatic carbocycles. The normalized spacial score (nSPS) is 14.9. The fourth-order valence-corrected chi connectivity index (χ4v) is 4.12. The van der Waals surface area contributed by atoms with Gasteiger partial charge in [-0.25, -0.2) is 4.39 Å². The molecule has 5 heteroatoms. The van der Waals surface area contributed by atoms with E-state index in [0.29, 0.717) is 23.4 Å². The first-order valence-electron chi connectivity index (χ1n) is 9.63. The topological polar surface area (TPSA) is 32.3 Å². The molecular formula is C22H27FN2OS. The van der Waals surface area contributed by atoms with Crippen LogP contribution in [0.15, 0.2) is 48.5 Å². The van der Waals surface area contributed by atoms with Crippen LogP contribution in [-0.4, -0.2) is 36.2 Å². The van der Waals surface area contributed by atoms with E-state index in [2.05, 4.69) is 22.3 Å². The van der Waals surface area contributed by atoms with Gasteiger partial charge in [0.25, 0.3) is 5.91 Å². The summed E-state index contributed by atoms with van der Waals surface area (Å²) in [4.78, 5) is 14.7. The van der Waals surface area contributed by atoms with Crippen LogP contribution in [0.4, 0.5) is 4.39 Å². The van der Waals surface area contributed by atoms with Crippen molar-refractivity contribution in [1.82, 2.24) is 10.2 Å². The Morgan fingerprint density at radius 2 is 1.78 bits per heavy atom. The van der Waals surface area contributed by atoms with Gasteiger partial charge in [-0.05, 0) is 55.3 Å². The first-order valence-corrected chi connectivity index (χ1v) is 10.8. The molecular weight excluding hydrogens is 359 g/mol. The van der Waals surface area contributed by atoms with Crippen LogP contribution < -0.4 is 5.32 Å². The third-order valence-corrected chi connectivity index (χ3v) is 5.83. The van der Waals surface area contributed by atoms with E-state index >= 15 is 0 Å². The Bertz CT molecular complexity index is 729. The number of piperidine rings is 1. The predicted octanol–water partition coefficient (Wildman–Crippen LogP) is 4.47. The lowest BCUT2D eigenvalue weighted by molar-refractivity contribution is 0.0956. The minimum absolute atomic E-state index is 0.0500. The van der Waals surface area contributed by atoms with Crippen molar-refractivity contribution in [3.63, 3.8) is 0 Å². The Balaban J connectivity index is 1.37. The Kier molecular flexibility index (Phi) is 7.72. The number of nitrogens with one attached hydrogen (secondary N) is 1. The van der Waals surface area contributed by atoms with Crippen molar-refractivity contribution in [2.75, 3.05) is 25.4 Å². The summed E-state index contributed by atoms with van der Waals surface area (Å²) in [5, 5.41) is 2.94. The molecule has 1 fully saturated rings. The number of carbonyl (C=O) groups is 1. The molecule has 27 heavy (non-hydrogen) atoms. The second-order valence-corrected chi connectivity index (χ2v) is 8.04. The summed E-state index contributed by atoms with van der Waals surface area (Å²) in [6.07, 6.45) is 3.92. The molecule has 144 valence electrons. The van der Waals surface area contributed by atoms with Crippen LogP contribution in [0.1, 0.15) is 40.7 Å². The molecule has 0 spiro atoms. The highest BCUT2D eigenvalue weighted by Crippen LogP contribution is 2.15. The maximum atomic E-state index is 13.5. The van der Waals surface area contributed by atoms with Gasteiger partial charge >= 0.3 is 0 Å². The van der Waals surface area contributed by atoms with E-state index < -0.39 is 0 Å². The fraction of sp³-hybridized carbons (Fsp3) is 0.409. The molecule has 0 saturated carbocycles. The molecule has 0 atom stereocenters. The zero-order valence-electron chi connectivity index (χ0n) is 15.6. The Labute approximate surface area is 165 Å². The molecule has 1 saturated heterocycles. The Hall–Kier alpha value is -1.85. The number of rotatable bonds is 8. The zero-order chi connectivity index (χ0) is 18.9. The average Bonchev–Trinajstić information content (AvgIpc) is 2.70. The fourth-order valence-electron chi connectivity index (χ4n) is 3.27. The van der Waals surface area contributed by atoms with Gasteiger partial charge in [-0.15, -0.1) is 0 Å². The predicted molar refractivity (Wildman–Crippen MR) is 110 cm³/mol. The molecule has 3 rings (SSSR count). The smallest absolute Gasteiger partial charge is 0.251 e. The minimum Gasteiger partial charge on any atom is -0.351 e. The van der Waals surface area contributed by atoms with Crippen LogP contribution in [0.3, 0.4) is 0 Å². The molecule has 0 aromatic heterocycles. The van der Waals surface area contributed by atoms with E-state index in [-0.39, 0.29) is 11.7 Å². The maximum Gasteiger partial charge on any atom is 0.251 e. The molecule has 0 radical (unpaired) electrons. The number of carbonyl (C=O) groups excluding carboxylic acids is 1. The van der Waals surface area contributed by atoms with Crippen molar-refractivity contribution < 1.29 is 9.18 Å². The van der Waals surface area contributed by atoms with Gasteiger partial charge in [-0.2, -0.15) is 11.8 Å². The third kappa shape index (κ3) is 6.36. The number of hydrogen-bond acceptors (Lipinski definition) is 3. The van der Waals surface area contributed by atoms with E-state index in [4.69, 9.17) is 0 Å². The van der Waals surface area contributed by atoms with Gasteiger partial charge in [0, 0.05) is 30.2 Å². The summed E-state index contributed by atoms with van der Waals surface area (Å²) >= 11 is 1.62. The van der Waals surface area contributed by atoms with E-state index in [1.807, 2.05) is 18.2 Å². The van der Waals surface area contributed by atoms with Gasteiger partial charge in [0.05, 0.1) is 0 Å². The highest BCUT2D eigenvalue weighted by Gasteiger charge is 2.11. The molecule has 1 aliphatic rings. The van der Waals surface area contributed by atoms with E-state index in [9.17, 15) is 9.18 Å². The molecule has 1 amide bonds. The highest BCUT2D eigenvalue weighted by molar-refractivity contribution is 7.98. The van der Waals surface area contributed by atoms with Crippen LogP contribution in [0.2, 0.25) is 0 Å². The lowest BCUT2D eigenvalue weighted by atomic mass is 10.1. The van der Waals surface area contributed by atoms with Gasteiger partial charge in [0.2, 0.25) is 0 Å². The lowest BCUT2D eigenvalue weighted by Gasteiger charge is -2.26. The summed E-state index contributed by atoms with van der Waals surface area (Å²) in [7, 11) is 0. The second kappa shape index (κ2) is 10.5. The van der Waals surface area contributed by atoms with Crippen LogP contribution in [0, 0.1) is 5.82 Å². The SMILES string of the molecule is O=C(NCCSCc1ccccc1F)c1ccc(CN2CCCCC2)cc1. The quantitative estimate of drug-likeness (QED) is 0.679. The summed E-state index contributed by atoms with van der Waals surface area (Å²) in [5.41, 5.74) is 2.66. The zero-order valence-corrected chi connectivity index (χ0v) is 16.4. The molecule has 1 heterocycles. The number of thioether (sulfide) groups is 1. The summed E-state index contributed by atoms with van der Waals surface area (Å²) in [5.74, 6) is 1.16. The number of hydrogen-bond donors (Lipinski definition) is 1. The van der Waals surface area contributed by atoms with Crippen molar-refractivity contribution in [3.8, 4) is 0 Å². The van der Waals surface area contributed by atoms with Crippen LogP contribution in [-0.2, 0) is 12.3 Å². The average molecular weight is 387 g/mol. The number of benzene rings is 2. The van der Waals surface area contributed by atoms with Crippen molar-refractivity contribution in [1.29, 1.82) is 0 Å². The minimum atomic E-state index is -0.168. The van der Waals surface area contributed by atoms with Crippen LogP contribution in [0.5, 0.6) is 0 Å². The number of likely N-dealkylation sites (tertiary alicyclic amines) is 1. The second-order valence-electron chi connectivity index (χ2n) is 6.93. The molecule has 2 aromatic rings. The Morgan fingerprint density at radius 1 is 1.04 bits per heavy atom. The van der Waals surface area contributed by atoms with Gasteiger partial charge in [-0.3, -0.25) is 9.69 Å². The number of amides is 1. The molecule has 0 unspecified atom stereocenters. The van der Waals surface area contributed by atoms with E-state index in [0.717, 1.165) is 12.3 Å². The highest BCUT2D eigenvalue weighted by atomic mass is 32.2. The van der Waals surface area contributed by atoms with Gasteiger partial charge < -0.3 is 5.32 Å². The molecule has 0 aliphatic carbocycles. The Morgan fingerprint density at radius 3 is 2.52 bits per heavy atom. The monoisotopic (exact) mass is 386 g/mol. The molecule has 3 nitrogen and oxygen atoms in total. The van der Waals surface area contributed by atoms with Crippen LogP contribution in [0.25, 0.3) is 0 Å². The van der Waals surface area contributed by atoms with Crippen LogP contribution >= 0.6 is 11.8 Å². The summed E-state index contributed by atoms with van der Waals surface area (Å²) in [6.45, 7) is 3.89. The molecule has 1 N–H and O–H groups in total. The summed E-state index contributed by atoms with van der Waals surface area (Å²) < 4.78 is 13.5. The first kappa shape index (κ1) is 19.9. The van der Waals surface area contributed by atoms with Gasteiger partial charge in [-0.1, -0.05) is 36.8 Å². The number of halogens is 1. The van der Waals surface area contributed by atoms with Gasteiger partial charge in [0.1, 0.15) is 5.82 Å². The van der Waals surface area contributed by atoms with Crippen molar-refractivity contribution in [3.05, 3.63) is 71.0 Å². The lowest BCUT2D eigenvalue weighted by Crippen LogP contribution is -2.29. The molecule has 1 aliphatic heterocycles. The van der Waals surface area contributed by atoms with Crippen molar-refractivity contribution >= 4 is 17.7 Å².